The molecule has 0 saturated heterocycles. The number of amides is 2. The fourth-order valence-electron chi connectivity index (χ4n) is 2.82. The van der Waals surface area contributed by atoms with Crippen molar-refractivity contribution in [2.75, 3.05) is 11.9 Å². The molecule has 1 aliphatic rings. The van der Waals surface area contributed by atoms with Crippen molar-refractivity contribution in [3.8, 4) is 5.75 Å². The van der Waals surface area contributed by atoms with Crippen LogP contribution in [0.2, 0.25) is 0 Å². The van der Waals surface area contributed by atoms with E-state index in [4.69, 9.17) is 4.74 Å². The van der Waals surface area contributed by atoms with E-state index in [1.807, 2.05) is 6.92 Å². The molecule has 0 spiro atoms. The Morgan fingerprint density at radius 3 is 2.41 bits per heavy atom. The largest absolute Gasteiger partial charge is 0.494 e. The van der Waals surface area contributed by atoms with Crippen LogP contribution in [-0.4, -0.2) is 30.2 Å². The van der Waals surface area contributed by atoms with Crippen LogP contribution < -0.4 is 15.4 Å². The molecule has 29 heavy (non-hydrogen) atoms. The molecule has 2 aromatic carbocycles. The Hall–Kier alpha value is -3.15. The van der Waals surface area contributed by atoms with Crippen LogP contribution in [0.4, 0.5) is 5.69 Å². The molecule has 0 aliphatic heterocycles. The van der Waals surface area contributed by atoms with Crippen molar-refractivity contribution in [3.63, 3.8) is 0 Å². The first-order valence-corrected chi connectivity index (χ1v) is 10.0. The van der Waals surface area contributed by atoms with Gasteiger partial charge in [-0.15, -0.1) is 0 Å². The van der Waals surface area contributed by atoms with E-state index in [1.165, 1.54) is 0 Å². The maximum absolute atomic E-state index is 12.3. The number of rotatable bonds is 10. The number of benzene rings is 2. The second-order valence-corrected chi connectivity index (χ2v) is 7.14. The predicted molar refractivity (Wildman–Crippen MR) is 111 cm³/mol. The zero-order valence-electron chi connectivity index (χ0n) is 16.6. The number of ether oxygens (including phenoxy) is 1. The second-order valence-electron chi connectivity index (χ2n) is 7.14. The van der Waals surface area contributed by atoms with Gasteiger partial charge in [-0.05, 0) is 55.7 Å². The lowest BCUT2D eigenvalue weighted by molar-refractivity contribution is -0.116. The van der Waals surface area contributed by atoms with Crippen molar-refractivity contribution in [1.82, 2.24) is 5.32 Å². The molecule has 2 amide bonds. The van der Waals surface area contributed by atoms with Crippen LogP contribution in [-0.2, 0) is 4.79 Å². The number of hydrogen-bond donors (Lipinski definition) is 2. The van der Waals surface area contributed by atoms with E-state index in [0.29, 0.717) is 23.4 Å². The minimum Gasteiger partial charge on any atom is -0.494 e. The monoisotopic (exact) mass is 394 g/mol. The fraction of sp³-hybridized carbons (Fsp3) is 0.348. The summed E-state index contributed by atoms with van der Waals surface area (Å²) in [5.41, 5.74) is 1.44. The van der Waals surface area contributed by atoms with Gasteiger partial charge in [-0.1, -0.05) is 19.1 Å². The third kappa shape index (κ3) is 6.17. The Morgan fingerprint density at radius 1 is 1.00 bits per heavy atom. The van der Waals surface area contributed by atoms with E-state index < -0.39 is 0 Å². The molecule has 2 aromatic rings. The summed E-state index contributed by atoms with van der Waals surface area (Å²) in [5.74, 6) is 0.127. The molecule has 1 aliphatic carbocycles. The lowest BCUT2D eigenvalue weighted by atomic mass is 10.1. The average molecular weight is 394 g/mol. The Morgan fingerprint density at radius 2 is 1.72 bits per heavy atom. The van der Waals surface area contributed by atoms with E-state index in [-0.39, 0.29) is 36.5 Å². The maximum atomic E-state index is 12.3. The topological polar surface area (TPSA) is 84.5 Å². The van der Waals surface area contributed by atoms with Crippen LogP contribution in [0.1, 0.15) is 59.7 Å². The molecule has 6 nitrogen and oxygen atoms in total. The van der Waals surface area contributed by atoms with Crippen LogP contribution in [0.15, 0.2) is 48.5 Å². The van der Waals surface area contributed by atoms with Crippen molar-refractivity contribution in [2.45, 2.75) is 45.1 Å². The van der Waals surface area contributed by atoms with Crippen LogP contribution in [0.3, 0.4) is 0 Å². The van der Waals surface area contributed by atoms with Crippen LogP contribution in [0.5, 0.6) is 5.75 Å². The number of anilines is 1. The van der Waals surface area contributed by atoms with Crippen molar-refractivity contribution in [2.24, 2.45) is 0 Å². The molecule has 2 N–H and O–H groups in total. The maximum Gasteiger partial charge on any atom is 0.253 e. The number of para-hydroxylation sites is 1. The van der Waals surface area contributed by atoms with E-state index in [1.54, 1.807) is 48.5 Å². The lowest BCUT2D eigenvalue weighted by Gasteiger charge is -2.11. The molecule has 0 bridgehead atoms. The number of hydrogen-bond acceptors (Lipinski definition) is 4. The number of carbonyl (C=O) groups excluding carboxylic acids is 3. The molecule has 0 heterocycles. The summed E-state index contributed by atoms with van der Waals surface area (Å²) < 4.78 is 5.50. The van der Waals surface area contributed by atoms with Gasteiger partial charge in [0.25, 0.3) is 5.91 Å². The third-order valence-corrected chi connectivity index (χ3v) is 4.59. The highest BCUT2D eigenvalue weighted by Crippen LogP contribution is 2.22. The van der Waals surface area contributed by atoms with E-state index in [9.17, 15) is 14.4 Å². The summed E-state index contributed by atoms with van der Waals surface area (Å²) in [7, 11) is 0. The smallest absolute Gasteiger partial charge is 0.253 e. The molecular weight excluding hydrogens is 368 g/mol. The van der Waals surface area contributed by atoms with Crippen LogP contribution in [0, 0.1) is 0 Å². The summed E-state index contributed by atoms with van der Waals surface area (Å²) in [5, 5.41) is 5.67. The van der Waals surface area contributed by atoms with E-state index in [0.717, 1.165) is 25.0 Å². The Kier molecular flexibility index (Phi) is 7.00. The van der Waals surface area contributed by atoms with Crippen LogP contribution >= 0.6 is 0 Å². The van der Waals surface area contributed by atoms with E-state index in [2.05, 4.69) is 10.6 Å². The number of nitrogens with one attached hydrogen (secondary N) is 2. The number of carbonyl (C=O) groups is 3. The molecular formula is C23H26N2O4. The summed E-state index contributed by atoms with van der Waals surface area (Å²) in [6, 6.07) is 14.1. The minimum absolute atomic E-state index is 0.0471. The van der Waals surface area contributed by atoms with Gasteiger partial charge < -0.3 is 15.4 Å². The molecule has 1 fully saturated rings. The summed E-state index contributed by atoms with van der Waals surface area (Å²) in [6.07, 6.45) is 3.05. The average Bonchev–Trinajstić information content (AvgIpc) is 3.55. The van der Waals surface area contributed by atoms with Crippen molar-refractivity contribution in [1.29, 1.82) is 0 Å². The third-order valence-electron chi connectivity index (χ3n) is 4.59. The minimum atomic E-state index is -0.298. The van der Waals surface area contributed by atoms with Crippen molar-refractivity contribution in [3.05, 3.63) is 59.7 Å². The van der Waals surface area contributed by atoms with Crippen molar-refractivity contribution >= 4 is 23.3 Å². The molecule has 3 rings (SSSR count). The normalized spacial score (nSPS) is 12.9. The highest BCUT2D eigenvalue weighted by atomic mass is 16.5. The van der Waals surface area contributed by atoms with Gasteiger partial charge in [-0.2, -0.15) is 0 Å². The van der Waals surface area contributed by atoms with Gasteiger partial charge in [0.15, 0.2) is 5.78 Å². The first kappa shape index (κ1) is 20.6. The summed E-state index contributed by atoms with van der Waals surface area (Å²) in [6.45, 7) is 2.66. The molecule has 0 aromatic heterocycles. The van der Waals surface area contributed by atoms with Crippen molar-refractivity contribution < 1.29 is 19.1 Å². The Bertz CT molecular complexity index is 873. The SMILES string of the molecule is CCCOc1ccc(C(=O)CCC(=O)Nc2ccccc2C(=O)NC2CC2)cc1. The highest BCUT2D eigenvalue weighted by Gasteiger charge is 2.25. The molecule has 0 atom stereocenters. The molecule has 152 valence electrons. The first-order valence-electron chi connectivity index (χ1n) is 10.0. The highest BCUT2D eigenvalue weighted by molar-refractivity contribution is 6.05. The number of Topliss-reactive ketones (excluding diaryl/α,β-unsaturated/α-hetero) is 1. The Labute approximate surface area is 170 Å². The van der Waals surface area contributed by atoms with Gasteiger partial charge in [0.2, 0.25) is 5.91 Å². The fourth-order valence-corrected chi connectivity index (χ4v) is 2.82. The zero-order chi connectivity index (χ0) is 20.6. The molecule has 0 unspecified atom stereocenters. The molecule has 6 heteroatoms. The first-order chi connectivity index (χ1) is 14.1. The number of ketones is 1. The van der Waals surface area contributed by atoms with Gasteiger partial charge in [-0.25, -0.2) is 0 Å². The second kappa shape index (κ2) is 9.87. The molecule has 1 saturated carbocycles. The standard InChI is InChI=1S/C23H26N2O4/c1-2-15-29-18-11-7-16(8-12-18)21(26)13-14-22(27)25-20-6-4-3-5-19(20)23(28)24-17-9-10-17/h3-8,11-12,17H,2,9-10,13-15H2,1H3,(H,24,28)(H,25,27). The van der Waals surface area contributed by atoms with Gasteiger partial charge in [0.05, 0.1) is 17.9 Å². The van der Waals surface area contributed by atoms with Crippen LogP contribution in [0.25, 0.3) is 0 Å². The predicted octanol–water partition coefficient (Wildman–Crippen LogP) is 3.97. The summed E-state index contributed by atoms with van der Waals surface area (Å²) >= 11 is 0. The quantitative estimate of drug-likeness (QED) is 0.597. The Balaban J connectivity index is 1.52. The van der Waals surface area contributed by atoms with E-state index >= 15 is 0 Å². The summed E-state index contributed by atoms with van der Waals surface area (Å²) in [4.78, 5) is 37.0. The zero-order valence-corrected chi connectivity index (χ0v) is 16.6. The van der Waals surface area contributed by atoms with Gasteiger partial charge in [0.1, 0.15) is 5.75 Å². The van der Waals surface area contributed by atoms with Gasteiger partial charge in [0, 0.05) is 24.4 Å². The lowest BCUT2D eigenvalue weighted by Crippen LogP contribution is -2.27. The van der Waals surface area contributed by atoms with Gasteiger partial charge >= 0.3 is 0 Å². The van der Waals surface area contributed by atoms with Gasteiger partial charge in [-0.3, -0.25) is 14.4 Å². The molecule has 0 radical (unpaired) electrons.